The van der Waals surface area contributed by atoms with E-state index in [-0.39, 0.29) is 18.4 Å². The summed E-state index contributed by atoms with van der Waals surface area (Å²) >= 11 is 1.35. The van der Waals surface area contributed by atoms with Gasteiger partial charge in [0.1, 0.15) is 5.82 Å². The Kier molecular flexibility index (Phi) is 4.62. The van der Waals surface area contributed by atoms with Gasteiger partial charge >= 0.3 is 0 Å². The number of amides is 1. The van der Waals surface area contributed by atoms with Crippen molar-refractivity contribution in [2.45, 2.75) is 40.2 Å². The standard InChI is InChI=1S/C14H21N5OS/c1-8(2)10(4)19-12(5-6-16-19)18-13(20)7-11-9(3)17-14(15)21-11/h5-6,8,10H,7H2,1-4H3,(H2,15,17)(H,18,20). The highest BCUT2D eigenvalue weighted by Gasteiger charge is 2.16. The second-order valence-electron chi connectivity index (χ2n) is 5.43. The van der Waals surface area contributed by atoms with Crippen LogP contribution in [0.2, 0.25) is 0 Å². The Bertz CT molecular complexity index is 631. The monoisotopic (exact) mass is 307 g/mol. The van der Waals surface area contributed by atoms with Crippen molar-refractivity contribution in [3.63, 3.8) is 0 Å². The summed E-state index contributed by atoms with van der Waals surface area (Å²) in [5, 5.41) is 7.70. The molecule has 0 aliphatic rings. The maximum atomic E-state index is 12.2. The van der Waals surface area contributed by atoms with Gasteiger partial charge in [-0.05, 0) is 19.8 Å². The number of aryl methyl sites for hydroxylation is 1. The molecule has 1 amide bonds. The molecule has 2 aromatic heterocycles. The number of hydrogen-bond donors (Lipinski definition) is 2. The molecule has 0 bridgehead atoms. The molecule has 0 saturated carbocycles. The minimum Gasteiger partial charge on any atom is -0.375 e. The van der Waals surface area contributed by atoms with Crippen LogP contribution in [0.3, 0.4) is 0 Å². The van der Waals surface area contributed by atoms with Gasteiger partial charge in [0, 0.05) is 10.9 Å². The number of nitrogens with one attached hydrogen (secondary N) is 1. The van der Waals surface area contributed by atoms with Gasteiger partial charge in [-0.2, -0.15) is 5.10 Å². The molecule has 1 unspecified atom stereocenters. The number of carbonyl (C=O) groups is 1. The van der Waals surface area contributed by atoms with E-state index in [9.17, 15) is 4.79 Å². The minimum atomic E-state index is -0.0838. The normalized spacial score (nSPS) is 12.6. The molecule has 2 rings (SSSR count). The van der Waals surface area contributed by atoms with Crippen molar-refractivity contribution in [2.24, 2.45) is 5.92 Å². The molecule has 2 heterocycles. The topological polar surface area (TPSA) is 85.8 Å². The summed E-state index contributed by atoms with van der Waals surface area (Å²) in [4.78, 5) is 17.2. The highest BCUT2D eigenvalue weighted by molar-refractivity contribution is 7.15. The van der Waals surface area contributed by atoms with Gasteiger partial charge in [-0.25, -0.2) is 9.67 Å². The van der Waals surface area contributed by atoms with E-state index >= 15 is 0 Å². The second kappa shape index (κ2) is 6.26. The van der Waals surface area contributed by atoms with E-state index in [2.05, 4.69) is 36.2 Å². The molecule has 21 heavy (non-hydrogen) atoms. The summed E-state index contributed by atoms with van der Waals surface area (Å²) in [6, 6.07) is 2.03. The third kappa shape index (κ3) is 3.60. The third-order valence-corrected chi connectivity index (χ3v) is 4.51. The molecule has 1 atom stereocenters. The number of hydrogen-bond acceptors (Lipinski definition) is 5. The fraction of sp³-hybridized carbons (Fsp3) is 0.500. The zero-order chi connectivity index (χ0) is 15.6. The van der Waals surface area contributed by atoms with E-state index in [0.717, 1.165) is 16.4 Å². The predicted octanol–water partition coefficient (Wildman–Crippen LogP) is 2.63. The zero-order valence-electron chi connectivity index (χ0n) is 12.8. The number of rotatable bonds is 5. The number of anilines is 2. The summed E-state index contributed by atoms with van der Waals surface area (Å²) < 4.78 is 1.84. The molecule has 0 fully saturated rings. The van der Waals surface area contributed by atoms with Crippen molar-refractivity contribution in [1.29, 1.82) is 0 Å². The van der Waals surface area contributed by atoms with Crippen LogP contribution in [0.4, 0.5) is 10.9 Å². The molecule has 7 heteroatoms. The van der Waals surface area contributed by atoms with Crippen LogP contribution in [0.1, 0.15) is 37.4 Å². The second-order valence-corrected chi connectivity index (χ2v) is 6.55. The summed E-state index contributed by atoms with van der Waals surface area (Å²) in [6.07, 6.45) is 1.98. The van der Waals surface area contributed by atoms with Crippen LogP contribution in [-0.2, 0) is 11.2 Å². The van der Waals surface area contributed by atoms with E-state index in [1.54, 1.807) is 6.20 Å². The maximum absolute atomic E-state index is 12.2. The lowest BCUT2D eigenvalue weighted by atomic mass is 10.1. The summed E-state index contributed by atoms with van der Waals surface area (Å²) in [7, 11) is 0. The van der Waals surface area contributed by atoms with Gasteiger partial charge in [0.05, 0.1) is 24.4 Å². The number of aromatic nitrogens is 3. The van der Waals surface area contributed by atoms with Crippen molar-refractivity contribution in [3.8, 4) is 0 Å². The van der Waals surface area contributed by atoms with Gasteiger partial charge in [0.2, 0.25) is 5.91 Å². The Morgan fingerprint density at radius 2 is 2.19 bits per heavy atom. The van der Waals surface area contributed by atoms with Crippen LogP contribution in [0.25, 0.3) is 0 Å². The van der Waals surface area contributed by atoms with Crippen molar-refractivity contribution >= 4 is 28.2 Å². The van der Waals surface area contributed by atoms with Gasteiger partial charge in [-0.15, -0.1) is 11.3 Å². The van der Waals surface area contributed by atoms with E-state index in [1.165, 1.54) is 11.3 Å². The number of nitrogens with two attached hydrogens (primary N) is 1. The van der Waals surface area contributed by atoms with Gasteiger partial charge in [0.15, 0.2) is 5.13 Å². The molecule has 0 aliphatic carbocycles. The van der Waals surface area contributed by atoms with Crippen LogP contribution < -0.4 is 11.1 Å². The van der Waals surface area contributed by atoms with Crippen molar-refractivity contribution < 1.29 is 4.79 Å². The Balaban J connectivity index is 2.07. The predicted molar refractivity (Wildman–Crippen MR) is 85.4 cm³/mol. The van der Waals surface area contributed by atoms with E-state index in [0.29, 0.717) is 11.0 Å². The Hall–Kier alpha value is -1.89. The fourth-order valence-electron chi connectivity index (χ4n) is 1.97. The van der Waals surface area contributed by atoms with Gasteiger partial charge < -0.3 is 11.1 Å². The molecule has 0 spiro atoms. The van der Waals surface area contributed by atoms with Crippen molar-refractivity contribution in [2.75, 3.05) is 11.1 Å². The molecule has 114 valence electrons. The first-order chi connectivity index (χ1) is 9.88. The zero-order valence-corrected chi connectivity index (χ0v) is 13.6. The molecule has 0 saturated heterocycles. The Morgan fingerprint density at radius 1 is 1.48 bits per heavy atom. The Morgan fingerprint density at radius 3 is 2.76 bits per heavy atom. The first kappa shape index (κ1) is 15.5. The minimum absolute atomic E-state index is 0.0838. The molecule has 2 aromatic rings. The Labute approximate surface area is 128 Å². The first-order valence-electron chi connectivity index (χ1n) is 6.93. The fourth-order valence-corrected chi connectivity index (χ4v) is 2.80. The van der Waals surface area contributed by atoms with Crippen molar-refractivity contribution in [3.05, 3.63) is 22.8 Å². The number of thiazole rings is 1. The van der Waals surface area contributed by atoms with Crippen molar-refractivity contribution in [1.82, 2.24) is 14.8 Å². The van der Waals surface area contributed by atoms with Crippen LogP contribution >= 0.6 is 11.3 Å². The first-order valence-corrected chi connectivity index (χ1v) is 7.75. The van der Waals surface area contributed by atoms with E-state index < -0.39 is 0 Å². The van der Waals surface area contributed by atoms with Gasteiger partial charge in [-0.3, -0.25) is 4.79 Å². The van der Waals surface area contributed by atoms with Gasteiger partial charge in [-0.1, -0.05) is 13.8 Å². The summed E-state index contributed by atoms with van der Waals surface area (Å²) in [6.45, 7) is 8.20. The molecular weight excluding hydrogens is 286 g/mol. The van der Waals surface area contributed by atoms with Crippen LogP contribution in [-0.4, -0.2) is 20.7 Å². The molecule has 3 N–H and O–H groups in total. The van der Waals surface area contributed by atoms with Crippen LogP contribution in [0.5, 0.6) is 0 Å². The average molecular weight is 307 g/mol. The molecule has 6 nitrogen and oxygen atoms in total. The van der Waals surface area contributed by atoms with Crippen LogP contribution in [0, 0.1) is 12.8 Å². The quantitative estimate of drug-likeness (QED) is 0.889. The molecule has 0 aliphatic heterocycles. The maximum Gasteiger partial charge on any atom is 0.230 e. The largest absolute Gasteiger partial charge is 0.375 e. The lowest BCUT2D eigenvalue weighted by molar-refractivity contribution is -0.115. The van der Waals surface area contributed by atoms with E-state index in [1.807, 2.05) is 17.7 Å². The number of nitrogen functional groups attached to an aromatic ring is 1. The summed E-state index contributed by atoms with van der Waals surface area (Å²) in [5.74, 6) is 1.07. The lowest BCUT2D eigenvalue weighted by Crippen LogP contribution is -2.21. The third-order valence-electron chi connectivity index (χ3n) is 3.52. The molecule has 0 radical (unpaired) electrons. The SMILES string of the molecule is Cc1nc(N)sc1CC(=O)Nc1ccnn1C(C)C(C)C. The molecule has 0 aromatic carbocycles. The smallest absolute Gasteiger partial charge is 0.230 e. The van der Waals surface area contributed by atoms with Crippen LogP contribution in [0.15, 0.2) is 12.3 Å². The summed E-state index contributed by atoms with van der Waals surface area (Å²) in [5.41, 5.74) is 6.47. The highest BCUT2D eigenvalue weighted by Crippen LogP contribution is 2.23. The molecular formula is C14H21N5OS. The average Bonchev–Trinajstić information content (AvgIpc) is 2.95. The van der Waals surface area contributed by atoms with Gasteiger partial charge in [0.25, 0.3) is 0 Å². The lowest BCUT2D eigenvalue weighted by Gasteiger charge is -2.19. The highest BCUT2D eigenvalue weighted by atomic mass is 32.1. The number of carbonyl (C=O) groups excluding carboxylic acids is 1. The van der Waals surface area contributed by atoms with E-state index in [4.69, 9.17) is 5.73 Å². The number of nitrogens with zero attached hydrogens (tertiary/aromatic N) is 3.